The van der Waals surface area contributed by atoms with Crippen molar-refractivity contribution in [1.29, 1.82) is 0 Å². The van der Waals surface area contributed by atoms with Gasteiger partial charge < -0.3 is 0 Å². The predicted molar refractivity (Wildman–Crippen MR) is 60.1 cm³/mol. The molecule has 0 saturated carbocycles. The SMILES string of the molecule is CC1=C[P+](C)(C(C)(C)C)C=C1C. The van der Waals surface area contributed by atoms with Crippen molar-refractivity contribution in [1.82, 2.24) is 0 Å². The minimum absolute atomic E-state index is 0.437. The lowest BCUT2D eigenvalue weighted by molar-refractivity contribution is 0.783. The zero-order valence-electron chi connectivity index (χ0n) is 9.10. The van der Waals surface area contributed by atoms with Gasteiger partial charge in [-0.2, -0.15) is 0 Å². The molecule has 1 aliphatic rings. The minimum Gasteiger partial charge on any atom is -0.0361 e. The molecule has 0 atom stereocenters. The van der Waals surface area contributed by atoms with Crippen molar-refractivity contribution in [3.63, 3.8) is 0 Å². The summed E-state index contributed by atoms with van der Waals surface area (Å²) in [5, 5.41) is 0.437. The van der Waals surface area contributed by atoms with Crippen LogP contribution in [0.3, 0.4) is 0 Å². The van der Waals surface area contributed by atoms with E-state index in [1.165, 1.54) is 11.1 Å². The maximum atomic E-state index is 2.50. The molecule has 0 N–H and O–H groups in total. The van der Waals surface area contributed by atoms with Crippen LogP contribution in [0.25, 0.3) is 0 Å². The fraction of sp³-hybridized carbons (Fsp3) is 0.636. The first kappa shape index (κ1) is 9.99. The molecule has 0 radical (unpaired) electrons. The summed E-state index contributed by atoms with van der Waals surface area (Å²) in [6.07, 6.45) is 0. The van der Waals surface area contributed by atoms with Gasteiger partial charge in [0.25, 0.3) is 0 Å². The summed E-state index contributed by atoms with van der Waals surface area (Å²) in [7, 11) is -0.940. The Morgan fingerprint density at radius 2 is 1.33 bits per heavy atom. The van der Waals surface area contributed by atoms with Crippen LogP contribution in [0, 0.1) is 0 Å². The van der Waals surface area contributed by atoms with E-state index in [1.54, 1.807) is 0 Å². The highest BCUT2D eigenvalue weighted by Crippen LogP contribution is 2.72. The lowest BCUT2D eigenvalue weighted by atomic mass is 10.2. The summed E-state index contributed by atoms with van der Waals surface area (Å²) in [5.74, 6) is 5.00. The first-order valence-electron chi connectivity index (χ1n) is 4.51. The molecule has 0 bridgehead atoms. The molecular weight excluding hydrogens is 163 g/mol. The van der Waals surface area contributed by atoms with E-state index in [0.717, 1.165) is 0 Å². The predicted octanol–water partition coefficient (Wildman–Crippen LogP) is 4.25. The first-order chi connectivity index (χ1) is 5.26. The van der Waals surface area contributed by atoms with Gasteiger partial charge >= 0.3 is 0 Å². The molecule has 12 heavy (non-hydrogen) atoms. The van der Waals surface area contributed by atoms with Gasteiger partial charge in [-0.15, -0.1) is 0 Å². The van der Waals surface area contributed by atoms with E-state index in [9.17, 15) is 0 Å². The van der Waals surface area contributed by atoms with Gasteiger partial charge in [0.2, 0.25) is 0 Å². The van der Waals surface area contributed by atoms with E-state index in [1.807, 2.05) is 0 Å². The molecule has 0 aliphatic carbocycles. The van der Waals surface area contributed by atoms with Gasteiger partial charge in [-0.05, 0) is 45.8 Å². The molecule has 0 unspecified atom stereocenters. The monoisotopic (exact) mass is 183 g/mol. The molecule has 1 rings (SSSR count). The van der Waals surface area contributed by atoms with Crippen LogP contribution in [-0.4, -0.2) is 11.8 Å². The molecular formula is C11H20P+. The molecule has 1 heterocycles. The average Bonchev–Trinajstić information content (AvgIpc) is 2.06. The highest BCUT2D eigenvalue weighted by molar-refractivity contribution is 7.82. The summed E-state index contributed by atoms with van der Waals surface area (Å²) in [4.78, 5) is 0. The number of hydrogen-bond acceptors (Lipinski definition) is 0. The minimum atomic E-state index is -0.940. The zero-order valence-corrected chi connectivity index (χ0v) is 10.00. The van der Waals surface area contributed by atoms with Crippen molar-refractivity contribution >= 4 is 7.26 Å². The molecule has 0 fully saturated rings. The van der Waals surface area contributed by atoms with Crippen molar-refractivity contribution in [2.24, 2.45) is 0 Å². The zero-order chi connectivity index (χ0) is 9.57. The smallest absolute Gasteiger partial charge is 0.0361 e. The molecule has 0 aromatic carbocycles. The molecule has 0 aromatic heterocycles. The number of hydrogen-bond donors (Lipinski definition) is 0. The second-order valence-corrected chi connectivity index (χ2v) is 9.09. The van der Waals surface area contributed by atoms with E-state index in [4.69, 9.17) is 0 Å². The van der Waals surface area contributed by atoms with Crippen LogP contribution in [0.5, 0.6) is 0 Å². The molecule has 0 spiro atoms. The summed E-state index contributed by atoms with van der Waals surface area (Å²) in [5.41, 5.74) is 2.97. The number of allylic oxidation sites excluding steroid dienone is 2. The molecule has 1 aliphatic heterocycles. The topological polar surface area (TPSA) is 0 Å². The fourth-order valence-corrected chi connectivity index (χ4v) is 4.30. The Morgan fingerprint density at radius 1 is 1.00 bits per heavy atom. The third-order valence-electron chi connectivity index (χ3n) is 2.99. The highest BCUT2D eigenvalue weighted by atomic mass is 31.2. The Hall–Kier alpha value is -0.0900. The van der Waals surface area contributed by atoms with Gasteiger partial charge in [-0.3, -0.25) is 0 Å². The van der Waals surface area contributed by atoms with Crippen molar-refractivity contribution in [3.8, 4) is 0 Å². The van der Waals surface area contributed by atoms with Crippen LogP contribution >= 0.6 is 7.26 Å². The Morgan fingerprint density at radius 3 is 1.50 bits per heavy atom. The largest absolute Gasteiger partial charge is 0.0795 e. The number of rotatable bonds is 0. The third kappa shape index (κ3) is 1.50. The lowest BCUT2D eigenvalue weighted by Crippen LogP contribution is -2.15. The molecule has 1 heteroatoms. The third-order valence-corrected chi connectivity index (χ3v) is 7.73. The summed E-state index contributed by atoms with van der Waals surface area (Å²) < 4.78 is 0. The van der Waals surface area contributed by atoms with Crippen LogP contribution in [0.2, 0.25) is 0 Å². The maximum Gasteiger partial charge on any atom is 0.0795 e. The van der Waals surface area contributed by atoms with E-state index in [-0.39, 0.29) is 0 Å². The Kier molecular flexibility index (Phi) is 2.25. The highest BCUT2D eigenvalue weighted by Gasteiger charge is 2.44. The van der Waals surface area contributed by atoms with E-state index in [2.05, 4.69) is 52.9 Å². The fourth-order valence-electron chi connectivity index (χ4n) is 1.43. The van der Waals surface area contributed by atoms with Gasteiger partial charge in [-0.1, -0.05) is 0 Å². The second kappa shape index (κ2) is 2.70. The Labute approximate surface area is 77.1 Å². The molecule has 0 aromatic rings. The second-order valence-electron chi connectivity index (χ2n) is 4.94. The van der Waals surface area contributed by atoms with Crippen molar-refractivity contribution < 1.29 is 0 Å². The van der Waals surface area contributed by atoms with Crippen LogP contribution in [-0.2, 0) is 0 Å². The van der Waals surface area contributed by atoms with Gasteiger partial charge in [-0.25, -0.2) is 0 Å². The standard InChI is InChI=1S/C11H20P/c1-9-7-12(6,8-10(9)2)11(3,4)5/h7-8H,1-6H3/q+1. The van der Waals surface area contributed by atoms with Crippen molar-refractivity contribution in [2.45, 2.75) is 39.8 Å². The molecule has 0 nitrogen and oxygen atoms in total. The summed E-state index contributed by atoms with van der Waals surface area (Å²) in [6, 6.07) is 0. The first-order valence-corrected chi connectivity index (χ1v) is 6.89. The van der Waals surface area contributed by atoms with Crippen LogP contribution in [0.4, 0.5) is 0 Å². The average molecular weight is 183 g/mol. The molecule has 0 amide bonds. The van der Waals surface area contributed by atoms with Crippen molar-refractivity contribution in [2.75, 3.05) is 6.66 Å². The van der Waals surface area contributed by atoms with Crippen LogP contribution in [0.1, 0.15) is 34.6 Å². The molecule has 68 valence electrons. The van der Waals surface area contributed by atoms with E-state index < -0.39 is 7.26 Å². The quantitative estimate of drug-likeness (QED) is 0.492. The normalized spacial score (nSPS) is 22.2. The maximum absolute atomic E-state index is 2.50. The lowest BCUT2D eigenvalue weighted by Gasteiger charge is -2.27. The van der Waals surface area contributed by atoms with Gasteiger partial charge in [0.15, 0.2) is 0 Å². The summed E-state index contributed by atoms with van der Waals surface area (Å²) >= 11 is 0. The van der Waals surface area contributed by atoms with E-state index >= 15 is 0 Å². The van der Waals surface area contributed by atoms with Gasteiger partial charge in [0.05, 0.1) is 30.7 Å². The Bertz CT molecular complexity index is 233. The van der Waals surface area contributed by atoms with Gasteiger partial charge in [0, 0.05) is 0 Å². The van der Waals surface area contributed by atoms with Crippen LogP contribution in [0.15, 0.2) is 22.8 Å². The summed E-state index contributed by atoms with van der Waals surface area (Å²) in [6.45, 7) is 13.9. The van der Waals surface area contributed by atoms with Crippen molar-refractivity contribution in [3.05, 3.63) is 22.8 Å². The van der Waals surface area contributed by atoms with E-state index in [0.29, 0.717) is 5.16 Å². The molecule has 0 saturated heterocycles. The Balaban J connectivity index is 3.08. The van der Waals surface area contributed by atoms with Gasteiger partial charge in [0.1, 0.15) is 0 Å². The van der Waals surface area contributed by atoms with Crippen LogP contribution < -0.4 is 0 Å².